The lowest BCUT2D eigenvalue weighted by molar-refractivity contribution is 0.0943. The molecule has 3 rings (SSSR count). The van der Waals surface area contributed by atoms with E-state index in [2.05, 4.69) is 21.2 Å². The monoisotopic (exact) mass is 383 g/mol. The van der Waals surface area contributed by atoms with Crippen LogP contribution in [-0.4, -0.2) is 17.6 Å². The Labute approximate surface area is 149 Å². The molecule has 0 aliphatic carbocycles. The standard InChI is InChI=1S/C20H18BrNO2/c21-16-10-8-15(9-11-16)20(24)22-13-12-19(23)18-7-3-5-14-4-1-2-6-17(14)18/h1-11,19,23H,12-13H2,(H,22,24). The van der Waals surface area contributed by atoms with Crippen molar-refractivity contribution in [2.75, 3.05) is 6.54 Å². The van der Waals surface area contributed by atoms with E-state index in [1.807, 2.05) is 54.6 Å². The molecule has 3 aromatic rings. The zero-order chi connectivity index (χ0) is 16.9. The number of rotatable bonds is 5. The Bertz CT molecular complexity index is 840. The van der Waals surface area contributed by atoms with E-state index >= 15 is 0 Å². The Balaban J connectivity index is 1.62. The summed E-state index contributed by atoms with van der Waals surface area (Å²) in [7, 11) is 0. The van der Waals surface area contributed by atoms with Gasteiger partial charge in [-0.1, -0.05) is 58.4 Å². The highest BCUT2D eigenvalue weighted by atomic mass is 79.9. The molecule has 3 aromatic carbocycles. The molecule has 3 nitrogen and oxygen atoms in total. The molecule has 0 aliphatic rings. The highest BCUT2D eigenvalue weighted by Gasteiger charge is 2.12. The molecule has 24 heavy (non-hydrogen) atoms. The molecule has 1 unspecified atom stereocenters. The normalized spacial score (nSPS) is 12.1. The van der Waals surface area contributed by atoms with Crippen LogP contribution >= 0.6 is 15.9 Å². The third-order valence-electron chi connectivity index (χ3n) is 3.99. The topological polar surface area (TPSA) is 49.3 Å². The van der Waals surface area contributed by atoms with Crippen LogP contribution in [-0.2, 0) is 0 Å². The quantitative estimate of drug-likeness (QED) is 0.683. The van der Waals surface area contributed by atoms with E-state index < -0.39 is 6.10 Å². The molecular weight excluding hydrogens is 366 g/mol. The minimum Gasteiger partial charge on any atom is -0.388 e. The van der Waals surface area contributed by atoms with Gasteiger partial charge in [0.1, 0.15) is 0 Å². The van der Waals surface area contributed by atoms with Crippen molar-refractivity contribution in [1.29, 1.82) is 0 Å². The van der Waals surface area contributed by atoms with Gasteiger partial charge in [-0.05, 0) is 47.0 Å². The second kappa shape index (κ2) is 7.60. The number of aliphatic hydroxyl groups is 1. The molecule has 0 aliphatic heterocycles. The Morgan fingerprint density at radius 1 is 1.00 bits per heavy atom. The van der Waals surface area contributed by atoms with Crippen molar-refractivity contribution in [3.63, 3.8) is 0 Å². The van der Waals surface area contributed by atoms with Gasteiger partial charge in [0, 0.05) is 16.6 Å². The molecule has 0 saturated carbocycles. The Kier molecular flexibility index (Phi) is 5.28. The summed E-state index contributed by atoms with van der Waals surface area (Å²) in [5.41, 5.74) is 1.50. The predicted molar refractivity (Wildman–Crippen MR) is 100 cm³/mol. The van der Waals surface area contributed by atoms with Crippen LogP contribution in [0.3, 0.4) is 0 Å². The van der Waals surface area contributed by atoms with Gasteiger partial charge in [0.2, 0.25) is 0 Å². The van der Waals surface area contributed by atoms with Crippen LogP contribution in [0.5, 0.6) is 0 Å². The van der Waals surface area contributed by atoms with Gasteiger partial charge < -0.3 is 10.4 Å². The molecule has 4 heteroatoms. The van der Waals surface area contributed by atoms with Crippen LogP contribution in [0.2, 0.25) is 0 Å². The van der Waals surface area contributed by atoms with Gasteiger partial charge in [0.15, 0.2) is 0 Å². The Morgan fingerprint density at radius 3 is 2.50 bits per heavy atom. The highest BCUT2D eigenvalue weighted by Crippen LogP contribution is 2.25. The van der Waals surface area contributed by atoms with Gasteiger partial charge >= 0.3 is 0 Å². The number of carbonyl (C=O) groups excluding carboxylic acids is 1. The number of aliphatic hydroxyl groups excluding tert-OH is 1. The van der Waals surface area contributed by atoms with E-state index in [1.165, 1.54) is 0 Å². The molecule has 0 fully saturated rings. The van der Waals surface area contributed by atoms with Crippen LogP contribution in [0.1, 0.15) is 28.4 Å². The van der Waals surface area contributed by atoms with Gasteiger partial charge in [0.25, 0.3) is 5.91 Å². The minimum absolute atomic E-state index is 0.132. The lowest BCUT2D eigenvalue weighted by Gasteiger charge is -2.14. The van der Waals surface area contributed by atoms with Crippen LogP contribution < -0.4 is 5.32 Å². The maximum atomic E-state index is 12.1. The number of hydrogen-bond acceptors (Lipinski definition) is 2. The van der Waals surface area contributed by atoms with E-state index in [9.17, 15) is 9.90 Å². The third-order valence-corrected chi connectivity index (χ3v) is 4.52. The maximum absolute atomic E-state index is 12.1. The fourth-order valence-electron chi connectivity index (χ4n) is 2.72. The van der Waals surface area contributed by atoms with Crippen molar-refractivity contribution in [2.24, 2.45) is 0 Å². The number of carbonyl (C=O) groups is 1. The number of halogens is 1. The summed E-state index contributed by atoms with van der Waals surface area (Å²) in [6.07, 6.45) is -0.141. The minimum atomic E-state index is -0.610. The van der Waals surface area contributed by atoms with Crippen molar-refractivity contribution in [2.45, 2.75) is 12.5 Å². The maximum Gasteiger partial charge on any atom is 0.251 e. The Morgan fingerprint density at radius 2 is 1.71 bits per heavy atom. The molecule has 122 valence electrons. The molecule has 1 atom stereocenters. The van der Waals surface area contributed by atoms with Crippen LogP contribution in [0, 0.1) is 0 Å². The first-order valence-corrected chi connectivity index (χ1v) is 8.64. The second-order valence-corrected chi connectivity index (χ2v) is 6.55. The molecule has 2 N–H and O–H groups in total. The second-order valence-electron chi connectivity index (χ2n) is 5.64. The third kappa shape index (κ3) is 3.83. The largest absolute Gasteiger partial charge is 0.388 e. The molecule has 0 saturated heterocycles. The van der Waals surface area contributed by atoms with E-state index in [4.69, 9.17) is 0 Å². The van der Waals surface area contributed by atoms with Crippen molar-refractivity contribution in [3.8, 4) is 0 Å². The zero-order valence-electron chi connectivity index (χ0n) is 13.1. The van der Waals surface area contributed by atoms with E-state index in [0.717, 1.165) is 20.8 Å². The summed E-state index contributed by atoms with van der Waals surface area (Å²) in [4.78, 5) is 12.1. The van der Waals surface area contributed by atoms with Gasteiger partial charge in [-0.2, -0.15) is 0 Å². The number of fused-ring (bicyclic) bond motifs is 1. The average molecular weight is 384 g/mol. The summed E-state index contributed by atoms with van der Waals surface area (Å²) in [5, 5.41) is 15.5. The summed E-state index contributed by atoms with van der Waals surface area (Å²) >= 11 is 3.35. The number of nitrogens with one attached hydrogen (secondary N) is 1. The highest BCUT2D eigenvalue weighted by molar-refractivity contribution is 9.10. The predicted octanol–water partition coefficient (Wildman–Crippen LogP) is 4.46. The first kappa shape index (κ1) is 16.7. The fraction of sp³-hybridized carbons (Fsp3) is 0.150. The molecule has 0 aromatic heterocycles. The van der Waals surface area contributed by atoms with Crippen molar-refractivity contribution in [3.05, 3.63) is 82.3 Å². The molecule has 0 heterocycles. The SMILES string of the molecule is O=C(NCCC(O)c1cccc2ccccc12)c1ccc(Br)cc1. The van der Waals surface area contributed by atoms with Gasteiger partial charge in [-0.15, -0.1) is 0 Å². The lowest BCUT2D eigenvalue weighted by atomic mass is 9.99. The van der Waals surface area contributed by atoms with Crippen LogP contribution in [0.4, 0.5) is 0 Å². The molecule has 0 bridgehead atoms. The summed E-state index contributed by atoms with van der Waals surface area (Å²) in [6.45, 7) is 0.416. The fourth-order valence-corrected chi connectivity index (χ4v) is 2.99. The summed E-state index contributed by atoms with van der Waals surface area (Å²) in [5.74, 6) is -0.132. The smallest absolute Gasteiger partial charge is 0.251 e. The van der Waals surface area contributed by atoms with Crippen molar-refractivity contribution >= 4 is 32.6 Å². The molecule has 1 amide bonds. The van der Waals surface area contributed by atoms with E-state index in [0.29, 0.717) is 18.5 Å². The van der Waals surface area contributed by atoms with Gasteiger partial charge in [-0.25, -0.2) is 0 Å². The number of hydrogen-bond donors (Lipinski definition) is 2. The van der Waals surface area contributed by atoms with Gasteiger partial charge in [-0.3, -0.25) is 4.79 Å². The van der Waals surface area contributed by atoms with Crippen molar-refractivity contribution < 1.29 is 9.90 Å². The number of amides is 1. The van der Waals surface area contributed by atoms with Gasteiger partial charge in [0.05, 0.1) is 6.10 Å². The van der Waals surface area contributed by atoms with Crippen LogP contribution in [0.15, 0.2) is 71.2 Å². The zero-order valence-corrected chi connectivity index (χ0v) is 14.7. The van der Waals surface area contributed by atoms with E-state index in [1.54, 1.807) is 12.1 Å². The number of benzene rings is 3. The average Bonchev–Trinajstić information content (AvgIpc) is 2.61. The lowest BCUT2D eigenvalue weighted by Crippen LogP contribution is -2.25. The first-order chi connectivity index (χ1) is 11.6. The molecule has 0 spiro atoms. The van der Waals surface area contributed by atoms with Crippen LogP contribution in [0.25, 0.3) is 10.8 Å². The van der Waals surface area contributed by atoms with E-state index in [-0.39, 0.29) is 5.91 Å². The molecule has 0 radical (unpaired) electrons. The summed E-state index contributed by atoms with van der Waals surface area (Å²) in [6, 6.07) is 21.1. The molecular formula is C20H18BrNO2. The first-order valence-electron chi connectivity index (χ1n) is 7.84. The Hall–Kier alpha value is -2.17. The summed E-state index contributed by atoms with van der Waals surface area (Å²) < 4.78 is 0.936. The van der Waals surface area contributed by atoms with Crippen molar-refractivity contribution in [1.82, 2.24) is 5.32 Å².